The molecule has 0 saturated heterocycles. The molecule has 0 aromatic heterocycles. The molecule has 0 radical (unpaired) electrons. The van der Waals surface area contributed by atoms with Crippen LogP contribution in [-0.4, -0.2) is 17.1 Å². The highest BCUT2D eigenvalue weighted by Gasteiger charge is 1.93. The predicted octanol–water partition coefficient (Wildman–Crippen LogP) is 3.44. The molecule has 0 rings (SSSR count). The first-order valence-electron chi connectivity index (χ1n) is 5.74. The van der Waals surface area contributed by atoms with E-state index in [1.807, 2.05) is 0 Å². The van der Waals surface area contributed by atoms with Gasteiger partial charge in [-0.25, -0.2) is 4.21 Å². The van der Waals surface area contributed by atoms with E-state index in [0.717, 1.165) is 6.42 Å². The van der Waals surface area contributed by atoms with Crippen molar-refractivity contribution in [3.05, 3.63) is 0 Å². The average molecular weight is 220 g/mol. The lowest BCUT2D eigenvalue weighted by Gasteiger charge is -2.01. The fraction of sp³-hybridized carbons (Fsp3) is 1.00. The minimum atomic E-state index is -1.08. The molecule has 0 bridgehead atoms. The van der Waals surface area contributed by atoms with Gasteiger partial charge in [-0.05, 0) is 6.42 Å². The van der Waals surface area contributed by atoms with E-state index in [9.17, 15) is 4.21 Å². The highest BCUT2D eigenvalue weighted by atomic mass is 32.2. The zero-order chi connectivity index (χ0) is 10.6. The standard InChI is InChI=1S/C11H24O2S/c1-3-4-5-6-7-8-9-10-11-13-14(2)12/h3-11H2,1-2H3. The van der Waals surface area contributed by atoms with Crippen LogP contribution in [0.4, 0.5) is 0 Å². The Balaban J connectivity index is 2.88. The van der Waals surface area contributed by atoms with Gasteiger partial charge in [-0.3, -0.25) is 4.18 Å². The maximum absolute atomic E-state index is 10.5. The molecule has 0 spiro atoms. The summed E-state index contributed by atoms with van der Waals surface area (Å²) in [5, 5.41) is 0. The van der Waals surface area contributed by atoms with Crippen molar-refractivity contribution in [1.29, 1.82) is 0 Å². The summed E-state index contributed by atoms with van der Waals surface area (Å²) in [7, 11) is 0. The Hall–Kier alpha value is 0.110. The van der Waals surface area contributed by atoms with Crippen LogP contribution >= 0.6 is 0 Å². The van der Waals surface area contributed by atoms with Crippen LogP contribution in [0, 0.1) is 0 Å². The second-order valence-corrected chi connectivity index (χ2v) is 4.74. The second-order valence-electron chi connectivity index (χ2n) is 3.70. The van der Waals surface area contributed by atoms with Crippen LogP contribution in [0.3, 0.4) is 0 Å². The summed E-state index contributed by atoms with van der Waals surface area (Å²) in [5.74, 6) is 0. The van der Waals surface area contributed by atoms with Crippen molar-refractivity contribution in [2.45, 2.75) is 58.3 Å². The van der Waals surface area contributed by atoms with Crippen LogP contribution in [0.5, 0.6) is 0 Å². The Morgan fingerprint density at radius 3 is 1.93 bits per heavy atom. The third kappa shape index (κ3) is 12.1. The molecule has 0 heterocycles. The number of unbranched alkanes of at least 4 members (excludes halogenated alkanes) is 7. The maximum atomic E-state index is 10.5. The van der Waals surface area contributed by atoms with Crippen LogP contribution in [0.2, 0.25) is 0 Å². The Labute approximate surface area is 91.1 Å². The Bertz CT molecular complexity index is 137. The number of hydrogen-bond donors (Lipinski definition) is 0. The van der Waals surface area contributed by atoms with E-state index >= 15 is 0 Å². The van der Waals surface area contributed by atoms with Gasteiger partial charge in [0.15, 0.2) is 11.1 Å². The maximum Gasteiger partial charge on any atom is 0.152 e. The molecule has 2 nitrogen and oxygen atoms in total. The predicted molar refractivity (Wildman–Crippen MR) is 62.6 cm³/mol. The normalized spacial score (nSPS) is 13.0. The molecule has 0 fully saturated rings. The summed E-state index contributed by atoms with van der Waals surface area (Å²) in [6, 6.07) is 0. The van der Waals surface area contributed by atoms with Crippen molar-refractivity contribution in [1.82, 2.24) is 0 Å². The summed E-state index contributed by atoms with van der Waals surface area (Å²) < 4.78 is 15.5. The lowest BCUT2D eigenvalue weighted by atomic mass is 10.1. The SMILES string of the molecule is CCCCCCCCCCOS(C)=O. The molecule has 0 amide bonds. The van der Waals surface area contributed by atoms with Gasteiger partial charge in [-0.15, -0.1) is 0 Å². The fourth-order valence-electron chi connectivity index (χ4n) is 1.41. The molecule has 86 valence electrons. The minimum absolute atomic E-state index is 0.651. The Morgan fingerprint density at radius 1 is 0.929 bits per heavy atom. The number of hydrogen-bond acceptors (Lipinski definition) is 2. The van der Waals surface area contributed by atoms with E-state index in [0.29, 0.717) is 6.61 Å². The summed E-state index contributed by atoms with van der Waals surface area (Å²) in [5.41, 5.74) is 0. The van der Waals surface area contributed by atoms with Gasteiger partial charge >= 0.3 is 0 Å². The molecule has 0 aromatic rings. The fourth-order valence-corrected chi connectivity index (χ4v) is 1.76. The van der Waals surface area contributed by atoms with Crippen molar-refractivity contribution in [2.24, 2.45) is 0 Å². The smallest absolute Gasteiger partial charge is 0.152 e. The van der Waals surface area contributed by atoms with Gasteiger partial charge in [0, 0.05) is 6.26 Å². The van der Waals surface area contributed by atoms with Gasteiger partial charge in [0.05, 0.1) is 6.61 Å². The molecular formula is C11H24O2S. The van der Waals surface area contributed by atoms with E-state index in [1.54, 1.807) is 6.26 Å². The summed E-state index contributed by atoms with van der Waals surface area (Å²) in [6.45, 7) is 2.89. The molecule has 0 aliphatic rings. The van der Waals surface area contributed by atoms with E-state index in [2.05, 4.69) is 6.92 Å². The third-order valence-electron chi connectivity index (χ3n) is 2.25. The molecule has 0 N–H and O–H groups in total. The lowest BCUT2D eigenvalue weighted by Crippen LogP contribution is -1.96. The Morgan fingerprint density at radius 2 is 1.43 bits per heavy atom. The zero-order valence-electron chi connectivity index (χ0n) is 9.59. The van der Waals surface area contributed by atoms with Crippen molar-refractivity contribution in [2.75, 3.05) is 12.9 Å². The minimum Gasteiger partial charge on any atom is -0.291 e. The summed E-state index contributed by atoms with van der Waals surface area (Å²) in [6.07, 6.45) is 11.9. The first kappa shape index (κ1) is 14.1. The summed E-state index contributed by atoms with van der Waals surface area (Å²) in [4.78, 5) is 0. The van der Waals surface area contributed by atoms with E-state index < -0.39 is 11.1 Å². The largest absolute Gasteiger partial charge is 0.291 e. The van der Waals surface area contributed by atoms with Gasteiger partial charge in [0.1, 0.15) is 0 Å². The quantitative estimate of drug-likeness (QED) is 0.527. The van der Waals surface area contributed by atoms with Gasteiger partial charge in [0.2, 0.25) is 0 Å². The van der Waals surface area contributed by atoms with Crippen molar-refractivity contribution >= 4 is 11.1 Å². The lowest BCUT2D eigenvalue weighted by molar-refractivity contribution is 0.334. The molecule has 3 heteroatoms. The topological polar surface area (TPSA) is 26.3 Å². The van der Waals surface area contributed by atoms with Gasteiger partial charge in [0.25, 0.3) is 0 Å². The van der Waals surface area contributed by atoms with Crippen LogP contribution < -0.4 is 0 Å². The first-order valence-corrected chi connectivity index (χ1v) is 7.22. The van der Waals surface area contributed by atoms with Crippen LogP contribution in [0.1, 0.15) is 58.3 Å². The van der Waals surface area contributed by atoms with E-state index in [4.69, 9.17) is 4.18 Å². The van der Waals surface area contributed by atoms with Crippen molar-refractivity contribution in [3.8, 4) is 0 Å². The Kier molecular flexibility index (Phi) is 11.3. The van der Waals surface area contributed by atoms with Gasteiger partial charge in [-0.1, -0.05) is 51.9 Å². The monoisotopic (exact) mass is 220 g/mol. The molecule has 1 unspecified atom stereocenters. The molecule has 0 aromatic carbocycles. The first-order chi connectivity index (χ1) is 6.77. The molecule has 14 heavy (non-hydrogen) atoms. The third-order valence-corrected chi connectivity index (χ3v) is 2.75. The average Bonchev–Trinajstić information content (AvgIpc) is 2.15. The van der Waals surface area contributed by atoms with Crippen LogP contribution in [0.15, 0.2) is 0 Å². The van der Waals surface area contributed by atoms with Gasteiger partial charge in [-0.2, -0.15) is 0 Å². The zero-order valence-corrected chi connectivity index (χ0v) is 10.4. The molecule has 0 aliphatic heterocycles. The van der Waals surface area contributed by atoms with E-state index in [1.165, 1.54) is 44.9 Å². The molecule has 1 atom stereocenters. The van der Waals surface area contributed by atoms with Crippen molar-refractivity contribution < 1.29 is 8.39 Å². The molecule has 0 saturated carbocycles. The van der Waals surface area contributed by atoms with Crippen LogP contribution in [-0.2, 0) is 15.3 Å². The second kappa shape index (κ2) is 11.2. The molecular weight excluding hydrogens is 196 g/mol. The van der Waals surface area contributed by atoms with Crippen LogP contribution in [0.25, 0.3) is 0 Å². The van der Waals surface area contributed by atoms with Gasteiger partial charge < -0.3 is 0 Å². The number of rotatable bonds is 10. The van der Waals surface area contributed by atoms with Crippen molar-refractivity contribution in [3.63, 3.8) is 0 Å². The van der Waals surface area contributed by atoms with E-state index in [-0.39, 0.29) is 0 Å². The molecule has 0 aliphatic carbocycles. The summed E-state index contributed by atoms with van der Waals surface area (Å²) >= 11 is -1.08. The highest BCUT2D eigenvalue weighted by Crippen LogP contribution is 2.08. The highest BCUT2D eigenvalue weighted by molar-refractivity contribution is 7.79.